The van der Waals surface area contributed by atoms with Gasteiger partial charge in [-0.15, -0.1) is 0 Å². The van der Waals surface area contributed by atoms with Gasteiger partial charge in [0.2, 0.25) is 5.95 Å². The fourth-order valence-electron chi connectivity index (χ4n) is 2.14. The van der Waals surface area contributed by atoms with E-state index in [1.807, 2.05) is 12.4 Å². The lowest BCUT2D eigenvalue weighted by molar-refractivity contribution is 0.676. The molecule has 0 radical (unpaired) electrons. The van der Waals surface area contributed by atoms with Crippen LogP contribution < -0.4 is 5.32 Å². The summed E-state index contributed by atoms with van der Waals surface area (Å²) >= 11 is 0. The molecule has 2 aromatic rings. The van der Waals surface area contributed by atoms with Crippen LogP contribution in [0.15, 0.2) is 36.7 Å². The second kappa shape index (κ2) is 6.41. The number of nitrogens with one attached hydrogen (secondary N) is 1. The number of aromatic nitrogens is 2. The highest BCUT2D eigenvalue weighted by Gasteiger charge is 2.06. The van der Waals surface area contributed by atoms with Crippen LogP contribution in [0.2, 0.25) is 0 Å². The quantitative estimate of drug-likeness (QED) is 0.857. The number of aryl methyl sites for hydroxylation is 1. The molecule has 0 fully saturated rings. The lowest BCUT2D eigenvalue weighted by Gasteiger charge is -2.13. The lowest BCUT2D eigenvalue weighted by atomic mass is 10.1. The molecular weight excluding hydrogens is 234 g/mol. The van der Waals surface area contributed by atoms with Crippen molar-refractivity contribution >= 4 is 5.95 Å². The van der Waals surface area contributed by atoms with Gasteiger partial charge < -0.3 is 9.88 Å². The summed E-state index contributed by atoms with van der Waals surface area (Å²) in [5.41, 5.74) is 2.78. The van der Waals surface area contributed by atoms with E-state index in [9.17, 15) is 0 Å². The first-order valence-electron chi connectivity index (χ1n) is 7.02. The predicted molar refractivity (Wildman–Crippen MR) is 80.5 cm³/mol. The maximum absolute atomic E-state index is 4.39. The van der Waals surface area contributed by atoms with E-state index in [4.69, 9.17) is 0 Å². The Bertz CT molecular complexity index is 514. The molecule has 1 N–H and O–H groups in total. The molecule has 0 bridgehead atoms. The summed E-state index contributed by atoms with van der Waals surface area (Å²) < 4.78 is 2.18. The Labute approximate surface area is 115 Å². The molecule has 0 aliphatic rings. The van der Waals surface area contributed by atoms with Crippen LogP contribution in [0.25, 0.3) is 0 Å². The summed E-state index contributed by atoms with van der Waals surface area (Å²) in [6.07, 6.45) is 4.96. The van der Waals surface area contributed by atoms with Crippen LogP contribution >= 0.6 is 0 Å². The first-order chi connectivity index (χ1) is 9.20. The van der Waals surface area contributed by atoms with Crippen molar-refractivity contribution in [2.45, 2.75) is 33.7 Å². The number of rotatable bonds is 6. The normalized spacial score (nSPS) is 10.9. The Balaban J connectivity index is 2.12. The number of benzene rings is 1. The molecule has 1 heterocycles. The summed E-state index contributed by atoms with van der Waals surface area (Å²) in [6.45, 7) is 8.43. The van der Waals surface area contributed by atoms with Crippen LogP contribution in [0.5, 0.6) is 0 Å². The smallest absolute Gasteiger partial charge is 0.203 e. The van der Waals surface area contributed by atoms with Gasteiger partial charge in [0.1, 0.15) is 0 Å². The largest absolute Gasteiger partial charge is 0.355 e. The van der Waals surface area contributed by atoms with E-state index in [0.29, 0.717) is 5.92 Å². The molecule has 1 aromatic carbocycles. The van der Waals surface area contributed by atoms with Crippen molar-refractivity contribution in [2.24, 2.45) is 5.92 Å². The second-order valence-corrected chi connectivity index (χ2v) is 5.28. The Kier molecular flexibility index (Phi) is 4.61. The third kappa shape index (κ3) is 3.60. The zero-order valence-electron chi connectivity index (χ0n) is 12.1. The third-order valence-electron chi connectivity index (χ3n) is 3.22. The molecule has 0 atom stereocenters. The molecule has 1 aromatic heterocycles. The van der Waals surface area contributed by atoms with Crippen LogP contribution in [0.4, 0.5) is 5.95 Å². The van der Waals surface area contributed by atoms with E-state index in [0.717, 1.165) is 25.5 Å². The monoisotopic (exact) mass is 257 g/mol. The minimum atomic E-state index is 0.619. The van der Waals surface area contributed by atoms with Gasteiger partial charge in [-0.1, -0.05) is 45.0 Å². The Morgan fingerprint density at radius 1 is 1.21 bits per heavy atom. The van der Waals surface area contributed by atoms with E-state index in [2.05, 4.69) is 59.9 Å². The first-order valence-corrected chi connectivity index (χ1v) is 7.02. The van der Waals surface area contributed by atoms with E-state index in [-0.39, 0.29) is 0 Å². The Morgan fingerprint density at radius 2 is 1.95 bits per heavy atom. The molecule has 0 spiro atoms. The van der Waals surface area contributed by atoms with Crippen molar-refractivity contribution in [3.05, 3.63) is 47.8 Å². The standard InChI is InChI=1S/C16H23N3/c1-4-14-7-5-6-8-15(14)12-19-10-9-17-16(19)18-11-13(2)3/h5-10,13H,4,11-12H2,1-3H3,(H,17,18). The molecule has 0 aliphatic heterocycles. The predicted octanol–water partition coefficient (Wildman–Crippen LogP) is 3.56. The molecule has 0 unspecified atom stereocenters. The van der Waals surface area contributed by atoms with E-state index >= 15 is 0 Å². The Morgan fingerprint density at radius 3 is 2.63 bits per heavy atom. The molecule has 0 saturated heterocycles. The molecule has 3 heteroatoms. The molecule has 2 rings (SSSR count). The Hall–Kier alpha value is -1.77. The molecule has 19 heavy (non-hydrogen) atoms. The van der Waals surface area contributed by atoms with Gasteiger partial charge in [-0.3, -0.25) is 0 Å². The summed E-state index contributed by atoms with van der Waals surface area (Å²) in [6, 6.07) is 8.61. The summed E-state index contributed by atoms with van der Waals surface area (Å²) in [7, 11) is 0. The van der Waals surface area contributed by atoms with Gasteiger partial charge in [0, 0.05) is 18.9 Å². The van der Waals surface area contributed by atoms with E-state index < -0.39 is 0 Å². The van der Waals surface area contributed by atoms with Crippen molar-refractivity contribution in [2.75, 3.05) is 11.9 Å². The van der Waals surface area contributed by atoms with Gasteiger partial charge in [0.25, 0.3) is 0 Å². The highest BCUT2D eigenvalue weighted by atomic mass is 15.2. The SMILES string of the molecule is CCc1ccccc1Cn1ccnc1NCC(C)C. The maximum Gasteiger partial charge on any atom is 0.203 e. The fourth-order valence-corrected chi connectivity index (χ4v) is 2.14. The fraction of sp³-hybridized carbons (Fsp3) is 0.438. The molecule has 0 amide bonds. The minimum absolute atomic E-state index is 0.619. The molecule has 102 valence electrons. The van der Waals surface area contributed by atoms with E-state index in [1.165, 1.54) is 11.1 Å². The van der Waals surface area contributed by atoms with Gasteiger partial charge in [0.15, 0.2) is 0 Å². The number of hydrogen-bond acceptors (Lipinski definition) is 2. The van der Waals surface area contributed by atoms with Crippen LogP contribution in [0.1, 0.15) is 31.9 Å². The number of imidazole rings is 1. The summed E-state index contributed by atoms with van der Waals surface area (Å²) in [5, 5.41) is 3.40. The molecule has 3 nitrogen and oxygen atoms in total. The van der Waals surface area contributed by atoms with Gasteiger partial charge >= 0.3 is 0 Å². The highest BCUT2D eigenvalue weighted by Crippen LogP contribution is 2.14. The van der Waals surface area contributed by atoms with Crippen LogP contribution in [0, 0.1) is 5.92 Å². The summed E-state index contributed by atoms with van der Waals surface area (Å²) in [5.74, 6) is 1.58. The van der Waals surface area contributed by atoms with E-state index in [1.54, 1.807) is 0 Å². The van der Waals surface area contributed by atoms with Crippen LogP contribution in [-0.4, -0.2) is 16.1 Å². The summed E-state index contributed by atoms with van der Waals surface area (Å²) in [4.78, 5) is 4.39. The van der Waals surface area contributed by atoms with Crippen LogP contribution in [-0.2, 0) is 13.0 Å². The number of anilines is 1. The average Bonchev–Trinajstić information content (AvgIpc) is 2.84. The van der Waals surface area contributed by atoms with Gasteiger partial charge in [-0.2, -0.15) is 0 Å². The highest BCUT2D eigenvalue weighted by molar-refractivity contribution is 5.31. The molecule has 0 aliphatic carbocycles. The van der Waals surface area contributed by atoms with Crippen molar-refractivity contribution in [1.29, 1.82) is 0 Å². The second-order valence-electron chi connectivity index (χ2n) is 5.28. The topological polar surface area (TPSA) is 29.9 Å². The third-order valence-corrected chi connectivity index (χ3v) is 3.22. The van der Waals surface area contributed by atoms with Crippen molar-refractivity contribution < 1.29 is 0 Å². The average molecular weight is 257 g/mol. The van der Waals surface area contributed by atoms with Crippen molar-refractivity contribution in [3.63, 3.8) is 0 Å². The zero-order chi connectivity index (χ0) is 13.7. The van der Waals surface area contributed by atoms with Gasteiger partial charge in [0.05, 0.1) is 6.54 Å². The number of nitrogens with zero attached hydrogens (tertiary/aromatic N) is 2. The first kappa shape index (κ1) is 13.7. The van der Waals surface area contributed by atoms with Gasteiger partial charge in [-0.05, 0) is 23.5 Å². The zero-order valence-corrected chi connectivity index (χ0v) is 12.1. The van der Waals surface area contributed by atoms with Crippen molar-refractivity contribution in [3.8, 4) is 0 Å². The number of hydrogen-bond donors (Lipinski definition) is 1. The molecular formula is C16H23N3. The van der Waals surface area contributed by atoms with Crippen LogP contribution in [0.3, 0.4) is 0 Å². The lowest BCUT2D eigenvalue weighted by Crippen LogP contribution is -2.13. The van der Waals surface area contributed by atoms with Gasteiger partial charge in [-0.25, -0.2) is 4.98 Å². The minimum Gasteiger partial charge on any atom is -0.355 e. The van der Waals surface area contributed by atoms with Crippen molar-refractivity contribution in [1.82, 2.24) is 9.55 Å². The molecule has 0 saturated carbocycles. The maximum atomic E-state index is 4.39.